The summed E-state index contributed by atoms with van der Waals surface area (Å²) in [5.41, 5.74) is 2.56. The zero-order valence-corrected chi connectivity index (χ0v) is 17.7. The molecular weight excluding hydrogens is 352 g/mol. The van der Waals surface area contributed by atoms with Gasteiger partial charge in [-0.05, 0) is 26.3 Å². The number of rotatable bonds is 6. The molecule has 0 aliphatic heterocycles. The molecule has 0 fully saturated rings. The van der Waals surface area contributed by atoms with E-state index in [9.17, 15) is 9.59 Å². The SMILES string of the molecule is CCN(CC)C(=O)c1cnc(C)nc1-c1ccc(CNC(=O)C(C)(C)C)cc1. The molecule has 2 aromatic rings. The fourth-order valence-electron chi connectivity index (χ4n) is 2.76. The molecule has 0 saturated heterocycles. The third-order valence-electron chi connectivity index (χ3n) is 4.55. The smallest absolute Gasteiger partial charge is 0.257 e. The Labute approximate surface area is 167 Å². The van der Waals surface area contributed by atoms with Crippen LogP contribution in [0.25, 0.3) is 11.3 Å². The highest BCUT2D eigenvalue weighted by Crippen LogP contribution is 2.23. The molecule has 0 aliphatic rings. The average Bonchev–Trinajstić information content (AvgIpc) is 2.66. The number of aryl methyl sites for hydroxylation is 1. The van der Waals surface area contributed by atoms with E-state index >= 15 is 0 Å². The molecule has 0 spiro atoms. The van der Waals surface area contributed by atoms with Crippen LogP contribution in [0.5, 0.6) is 0 Å². The van der Waals surface area contributed by atoms with Gasteiger partial charge >= 0.3 is 0 Å². The molecule has 28 heavy (non-hydrogen) atoms. The number of aromatic nitrogens is 2. The van der Waals surface area contributed by atoms with Crippen LogP contribution in [0.3, 0.4) is 0 Å². The van der Waals surface area contributed by atoms with Gasteiger partial charge in [0.2, 0.25) is 5.91 Å². The Hall–Kier alpha value is -2.76. The van der Waals surface area contributed by atoms with Gasteiger partial charge in [-0.2, -0.15) is 0 Å². The fourth-order valence-corrected chi connectivity index (χ4v) is 2.76. The van der Waals surface area contributed by atoms with E-state index < -0.39 is 5.41 Å². The Balaban J connectivity index is 2.27. The first-order valence-electron chi connectivity index (χ1n) is 9.67. The van der Waals surface area contributed by atoms with E-state index in [1.54, 1.807) is 11.1 Å². The van der Waals surface area contributed by atoms with Crippen molar-refractivity contribution in [2.24, 2.45) is 5.41 Å². The van der Waals surface area contributed by atoms with E-state index in [0.717, 1.165) is 11.1 Å². The highest BCUT2D eigenvalue weighted by atomic mass is 16.2. The molecule has 1 N–H and O–H groups in total. The lowest BCUT2D eigenvalue weighted by atomic mass is 9.95. The molecule has 0 aliphatic carbocycles. The number of carbonyl (C=O) groups is 2. The molecule has 6 nitrogen and oxygen atoms in total. The number of hydrogen-bond donors (Lipinski definition) is 1. The first-order chi connectivity index (χ1) is 13.2. The maximum Gasteiger partial charge on any atom is 0.257 e. The molecule has 2 amide bonds. The summed E-state index contributed by atoms with van der Waals surface area (Å²) in [6.45, 7) is 13.1. The fraction of sp³-hybridized carbons (Fsp3) is 0.455. The Morgan fingerprint density at radius 1 is 1.07 bits per heavy atom. The van der Waals surface area contributed by atoms with Crippen LogP contribution >= 0.6 is 0 Å². The quantitative estimate of drug-likeness (QED) is 0.828. The van der Waals surface area contributed by atoms with Gasteiger partial charge in [0, 0.05) is 36.8 Å². The first-order valence-corrected chi connectivity index (χ1v) is 9.67. The summed E-state index contributed by atoms with van der Waals surface area (Å²) < 4.78 is 0. The number of carbonyl (C=O) groups excluding carboxylic acids is 2. The molecule has 0 atom stereocenters. The minimum absolute atomic E-state index is 0.00936. The highest BCUT2D eigenvalue weighted by Gasteiger charge is 2.21. The minimum atomic E-state index is -0.419. The van der Waals surface area contributed by atoms with Crippen LogP contribution in [-0.2, 0) is 11.3 Å². The van der Waals surface area contributed by atoms with E-state index in [-0.39, 0.29) is 11.8 Å². The predicted molar refractivity (Wildman–Crippen MR) is 111 cm³/mol. The van der Waals surface area contributed by atoms with Crippen LogP contribution in [0.1, 0.15) is 56.4 Å². The van der Waals surface area contributed by atoms with Crippen molar-refractivity contribution in [3.05, 3.63) is 47.4 Å². The van der Waals surface area contributed by atoms with Gasteiger partial charge in [-0.25, -0.2) is 9.97 Å². The van der Waals surface area contributed by atoms with Gasteiger partial charge in [0.15, 0.2) is 0 Å². The van der Waals surface area contributed by atoms with Gasteiger partial charge in [0.05, 0.1) is 11.3 Å². The van der Waals surface area contributed by atoms with Crippen molar-refractivity contribution in [2.75, 3.05) is 13.1 Å². The molecule has 1 aromatic heterocycles. The third kappa shape index (κ3) is 5.15. The van der Waals surface area contributed by atoms with Crippen molar-refractivity contribution in [3.8, 4) is 11.3 Å². The van der Waals surface area contributed by atoms with Crippen LogP contribution in [0.2, 0.25) is 0 Å². The maximum absolute atomic E-state index is 12.8. The average molecular weight is 383 g/mol. The second kappa shape index (κ2) is 8.95. The molecule has 2 rings (SSSR count). The normalized spacial score (nSPS) is 11.2. The summed E-state index contributed by atoms with van der Waals surface area (Å²) in [5.74, 6) is 0.559. The lowest BCUT2D eigenvalue weighted by molar-refractivity contribution is -0.128. The van der Waals surface area contributed by atoms with Crippen LogP contribution in [0, 0.1) is 12.3 Å². The number of benzene rings is 1. The Kier molecular flexibility index (Phi) is 6.89. The molecule has 0 unspecified atom stereocenters. The largest absolute Gasteiger partial charge is 0.352 e. The third-order valence-corrected chi connectivity index (χ3v) is 4.55. The monoisotopic (exact) mass is 382 g/mol. The van der Waals surface area contributed by atoms with Crippen molar-refractivity contribution in [1.29, 1.82) is 0 Å². The number of nitrogens with one attached hydrogen (secondary N) is 1. The second-order valence-corrected chi connectivity index (χ2v) is 7.79. The first kappa shape index (κ1) is 21.5. The topological polar surface area (TPSA) is 75.2 Å². The lowest BCUT2D eigenvalue weighted by Gasteiger charge is -2.20. The van der Waals surface area contributed by atoms with Crippen LogP contribution in [0.4, 0.5) is 0 Å². The molecular formula is C22H30N4O2. The van der Waals surface area contributed by atoms with Crippen LogP contribution in [-0.4, -0.2) is 39.8 Å². The van der Waals surface area contributed by atoms with Crippen molar-refractivity contribution in [1.82, 2.24) is 20.2 Å². The summed E-state index contributed by atoms with van der Waals surface area (Å²) >= 11 is 0. The maximum atomic E-state index is 12.8. The second-order valence-electron chi connectivity index (χ2n) is 7.79. The van der Waals surface area contributed by atoms with Gasteiger partial charge < -0.3 is 10.2 Å². The summed E-state index contributed by atoms with van der Waals surface area (Å²) in [5, 5.41) is 2.94. The van der Waals surface area contributed by atoms with E-state index in [1.807, 2.05) is 65.8 Å². The number of nitrogens with zero attached hydrogens (tertiary/aromatic N) is 3. The number of amides is 2. The molecule has 150 valence electrons. The van der Waals surface area contributed by atoms with Crippen LogP contribution in [0.15, 0.2) is 30.5 Å². The van der Waals surface area contributed by atoms with Gasteiger partial charge in [0.1, 0.15) is 5.82 Å². The standard InChI is InChI=1S/C22H30N4O2/c1-7-26(8-2)20(27)18-14-23-15(3)25-19(18)17-11-9-16(10-12-17)13-24-21(28)22(4,5)6/h9-12,14H,7-8,13H2,1-6H3,(H,24,28). The molecule has 6 heteroatoms. The lowest BCUT2D eigenvalue weighted by Crippen LogP contribution is -2.34. The van der Waals surface area contributed by atoms with E-state index in [4.69, 9.17) is 0 Å². The van der Waals surface area contributed by atoms with Crippen LogP contribution < -0.4 is 5.32 Å². The molecule has 1 aromatic carbocycles. The number of hydrogen-bond acceptors (Lipinski definition) is 4. The van der Waals surface area contributed by atoms with Gasteiger partial charge in [-0.3, -0.25) is 9.59 Å². The summed E-state index contributed by atoms with van der Waals surface area (Å²) in [6, 6.07) is 7.75. The zero-order valence-electron chi connectivity index (χ0n) is 17.7. The molecule has 0 radical (unpaired) electrons. The molecule has 0 saturated carbocycles. The minimum Gasteiger partial charge on any atom is -0.352 e. The van der Waals surface area contributed by atoms with Gasteiger partial charge in [-0.15, -0.1) is 0 Å². The summed E-state index contributed by atoms with van der Waals surface area (Å²) in [6.07, 6.45) is 1.61. The predicted octanol–water partition coefficient (Wildman–Crippen LogP) is 3.60. The van der Waals surface area contributed by atoms with Crippen molar-refractivity contribution in [3.63, 3.8) is 0 Å². The Bertz CT molecular complexity index is 835. The van der Waals surface area contributed by atoms with Gasteiger partial charge in [-0.1, -0.05) is 45.0 Å². The van der Waals surface area contributed by atoms with E-state index in [0.29, 0.717) is 36.7 Å². The molecule has 1 heterocycles. The Morgan fingerprint density at radius 3 is 2.21 bits per heavy atom. The highest BCUT2D eigenvalue weighted by molar-refractivity contribution is 5.99. The van der Waals surface area contributed by atoms with Gasteiger partial charge in [0.25, 0.3) is 5.91 Å². The van der Waals surface area contributed by atoms with E-state index in [1.165, 1.54) is 0 Å². The summed E-state index contributed by atoms with van der Waals surface area (Å²) in [7, 11) is 0. The van der Waals surface area contributed by atoms with Crippen molar-refractivity contribution < 1.29 is 9.59 Å². The van der Waals surface area contributed by atoms with E-state index in [2.05, 4.69) is 15.3 Å². The summed E-state index contributed by atoms with van der Waals surface area (Å²) in [4.78, 5) is 35.4. The zero-order chi connectivity index (χ0) is 20.9. The van der Waals surface area contributed by atoms with Crippen molar-refractivity contribution in [2.45, 2.75) is 48.1 Å². The Morgan fingerprint density at radius 2 is 1.68 bits per heavy atom. The van der Waals surface area contributed by atoms with Crippen molar-refractivity contribution >= 4 is 11.8 Å². The molecule has 0 bridgehead atoms.